The zero-order chi connectivity index (χ0) is 19.9. The number of nitrogens with zero attached hydrogens (tertiary/aromatic N) is 2. The van der Waals surface area contributed by atoms with Crippen LogP contribution in [0, 0.1) is 11.8 Å². The van der Waals surface area contributed by atoms with Crippen molar-refractivity contribution in [2.24, 2.45) is 11.8 Å². The van der Waals surface area contributed by atoms with Crippen molar-refractivity contribution in [3.8, 4) is 0 Å². The van der Waals surface area contributed by atoms with E-state index in [4.69, 9.17) is 0 Å². The lowest BCUT2D eigenvalue weighted by Crippen LogP contribution is -2.54. The molecule has 6 nitrogen and oxygen atoms in total. The van der Waals surface area contributed by atoms with Gasteiger partial charge in [0.05, 0.1) is 23.2 Å². The van der Waals surface area contributed by atoms with E-state index >= 15 is 0 Å². The van der Waals surface area contributed by atoms with Crippen LogP contribution in [0.25, 0.3) is 0 Å². The third kappa shape index (κ3) is 1.92. The monoisotopic (exact) mass is 451 g/mol. The molecule has 1 N–H and O–H groups in total. The zero-order valence-electron chi connectivity index (χ0n) is 15.5. The van der Waals surface area contributed by atoms with Crippen LogP contribution in [0.2, 0.25) is 0 Å². The number of halogens is 1. The Bertz CT molecular complexity index is 1090. The minimum atomic E-state index is -1.12. The highest BCUT2D eigenvalue weighted by molar-refractivity contribution is 9.10. The number of nitrogens with one attached hydrogen (secondary N) is 1. The van der Waals surface area contributed by atoms with Gasteiger partial charge < -0.3 is 5.32 Å². The van der Waals surface area contributed by atoms with Crippen LogP contribution in [-0.2, 0) is 19.9 Å². The molecule has 146 valence electrons. The second kappa shape index (κ2) is 5.77. The highest BCUT2D eigenvalue weighted by Gasteiger charge is 2.74. The molecule has 4 aliphatic rings. The Morgan fingerprint density at radius 2 is 1.79 bits per heavy atom. The molecule has 3 saturated heterocycles. The number of para-hydroxylation sites is 2. The summed E-state index contributed by atoms with van der Waals surface area (Å²) in [5, 5.41) is 3.00. The van der Waals surface area contributed by atoms with Gasteiger partial charge in [0, 0.05) is 16.1 Å². The van der Waals surface area contributed by atoms with E-state index in [-0.39, 0.29) is 23.8 Å². The van der Waals surface area contributed by atoms with Gasteiger partial charge >= 0.3 is 0 Å². The lowest BCUT2D eigenvalue weighted by molar-refractivity contribution is -0.135. The summed E-state index contributed by atoms with van der Waals surface area (Å²) < 4.78 is 0.788. The fourth-order valence-electron chi connectivity index (χ4n) is 6.03. The number of anilines is 2. The molecule has 0 radical (unpaired) electrons. The van der Waals surface area contributed by atoms with Gasteiger partial charge in [0.25, 0.3) is 5.91 Å². The van der Waals surface area contributed by atoms with Crippen molar-refractivity contribution in [1.82, 2.24) is 4.90 Å². The minimum Gasteiger partial charge on any atom is -0.323 e. The first kappa shape index (κ1) is 17.4. The minimum absolute atomic E-state index is 0.0964. The average Bonchev–Trinajstić information content (AvgIpc) is 3.42. The molecule has 0 saturated carbocycles. The molecular weight excluding hydrogens is 434 g/mol. The summed E-state index contributed by atoms with van der Waals surface area (Å²) in [4.78, 5) is 44.2. The number of hydrogen-bond donors (Lipinski definition) is 1. The predicted octanol–water partition coefficient (Wildman–Crippen LogP) is 2.88. The van der Waals surface area contributed by atoms with Gasteiger partial charge in [-0.1, -0.05) is 30.3 Å². The van der Waals surface area contributed by atoms with Crippen LogP contribution in [0.3, 0.4) is 0 Å². The van der Waals surface area contributed by atoms with Crippen molar-refractivity contribution in [3.63, 3.8) is 0 Å². The quantitative estimate of drug-likeness (QED) is 0.676. The number of imide groups is 1. The largest absolute Gasteiger partial charge is 0.323 e. The van der Waals surface area contributed by atoms with Gasteiger partial charge in [0.2, 0.25) is 11.8 Å². The van der Waals surface area contributed by atoms with Gasteiger partial charge in [0.1, 0.15) is 5.54 Å². The average molecular weight is 452 g/mol. The van der Waals surface area contributed by atoms with Gasteiger partial charge in [-0.05, 0) is 53.5 Å². The first-order valence-corrected chi connectivity index (χ1v) is 10.7. The number of rotatable bonds is 1. The molecule has 7 heteroatoms. The summed E-state index contributed by atoms with van der Waals surface area (Å²) in [6.45, 7) is 0.711. The van der Waals surface area contributed by atoms with E-state index in [0.717, 1.165) is 22.9 Å². The normalized spacial score (nSPS) is 32.7. The number of fused-ring (bicyclic) bond motifs is 7. The van der Waals surface area contributed by atoms with Crippen LogP contribution >= 0.6 is 15.9 Å². The molecule has 1 spiro atoms. The Hall–Kier alpha value is -2.51. The molecule has 2 aromatic carbocycles. The number of benzene rings is 2. The molecule has 0 bridgehead atoms. The fourth-order valence-corrected chi connectivity index (χ4v) is 6.49. The summed E-state index contributed by atoms with van der Waals surface area (Å²) in [6, 6.07) is 14.6. The Labute approximate surface area is 176 Å². The molecule has 3 amide bonds. The highest BCUT2D eigenvalue weighted by Crippen LogP contribution is 2.61. The van der Waals surface area contributed by atoms with Gasteiger partial charge in [0.15, 0.2) is 0 Å². The number of amides is 3. The molecule has 4 heterocycles. The third-order valence-corrected chi connectivity index (χ3v) is 7.65. The zero-order valence-corrected chi connectivity index (χ0v) is 17.1. The van der Waals surface area contributed by atoms with E-state index in [1.807, 2.05) is 36.4 Å². The van der Waals surface area contributed by atoms with Crippen LogP contribution in [0.5, 0.6) is 0 Å². The van der Waals surface area contributed by atoms with Gasteiger partial charge in [-0.3, -0.25) is 19.3 Å². The van der Waals surface area contributed by atoms with E-state index in [2.05, 4.69) is 26.1 Å². The smallest absolute Gasteiger partial charge is 0.250 e. The molecule has 29 heavy (non-hydrogen) atoms. The maximum Gasteiger partial charge on any atom is 0.250 e. The molecule has 0 aromatic heterocycles. The van der Waals surface area contributed by atoms with Gasteiger partial charge in [-0.2, -0.15) is 0 Å². The van der Waals surface area contributed by atoms with E-state index in [9.17, 15) is 14.4 Å². The van der Waals surface area contributed by atoms with Crippen molar-refractivity contribution in [1.29, 1.82) is 0 Å². The summed E-state index contributed by atoms with van der Waals surface area (Å²) >= 11 is 3.53. The van der Waals surface area contributed by atoms with Crippen LogP contribution in [0.1, 0.15) is 18.4 Å². The Balaban J connectivity index is 1.58. The maximum atomic E-state index is 13.7. The van der Waals surface area contributed by atoms with E-state index in [1.54, 1.807) is 12.1 Å². The maximum absolute atomic E-state index is 13.7. The van der Waals surface area contributed by atoms with Gasteiger partial charge in [-0.25, -0.2) is 4.90 Å². The SMILES string of the molecule is O=C1C2C3CCCN3C3(C(=O)Nc4c(Br)cccc43)C2C(=O)N1c1ccccc1. The molecule has 4 atom stereocenters. The molecule has 6 rings (SSSR count). The van der Waals surface area contributed by atoms with Crippen molar-refractivity contribution in [2.75, 3.05) is 16.8 Å². The van der Waals surface area contributed by atoms with Gasteiger partial charge in [-0.15, -0.1) is 0 Å². The van der Waals surface area contributed by atoms with Crippen molar-refractivity contribution in [3.05, 3.63) is 58.6 Å². The third-order valence-electron chi connectivity index (χ3n) is 6.99. The van der Waals surface area contributed by atoms with E-state index < -0.39 is 17.4 Å². The second-order valence-corrected chi connectivity index (χ2v) is 8.99. The lowest BCUT2D eigenvalue weighted by Gasteiger charge is -2.36. The topological polar surface area (TPSA) is 69.7 Å². The van der Waals surface area contributed by atoms with Crippen LogP contribution in [-0.4, -0.2) is 35.2 Å². The molecule has 2 aromatic rings. The molecular formula is C22H18BrN3O3. The molecule has 4 unspecified atom stereocenters. The van der Waals surface area contributed by atoms with Crippen molar-refractivity contribution < 1.29 is 14.4 Å². The van der Waals surface area contributed by atoms with Crippen LogP contribution < -0.4 is 10.2 Å². The lowest BCUT2D eigenvalue weighted by atomic mass is 9.75. The Kier molecular flexibility index (Phi) is 3.45. The summed E-state index contributed by atoms with van der Waals surface area (Å²) in [5.41, 5.74) is 0.959. The summed E-state index contributed by atoms with van der Waals surface area (Å²) in [7, 11) is 0. The first-order chi connectivity index (χ1) is 14.1. The molecule has 4 aliphatic heterocycles. The van der Waals surface area contributed by atoms with Crippen LogP contribution in [0.15, 0.2) is 53.0 Å². The Morgan fingerprint density at radius 1 is 1.00 bits per heavy atom. The van der Waals surface area contributed by atoms with Crippen molar-refractivity contribution in [2.45, 2.75) is 24.4 Å². The molecule has 3 fully saturated rings. The second-order valence-electron chi connectivity index (χ2n) is 8.14. The number of hydrogen-bond acceptors (Lipinski definition) is 4. The fraction of sp³-hybridized carbons (Fsp3) is 0.318. The first-order valence-electron chi connectivity index (χ1n) is 9.87. The predicted molar refractivity (Wildman–Crippen MR) is 110 cm³/mol. The standard InChI is InChI=1S/C22H18BrN3O3/c23-14-9-4-8-13-18(14)24-21(29)22(13)17-16(15-10-5-11-25(15)22)19(27)26(20(17)28)12-6-2-1-3-7-12/h1-4,6-9,15-17H,5,10-11H2,(H,24,29). The number of carbonyl (C=O) groups is 3. The van der Waals surface area contributed by atoms with E-state index in [1.165, 1.54) is 4.90 Å². The van der Waals surface area contributed by atoms with Crippen LogP contribution in [0.4, 0.5) is 11.4 Å². The summed E-state index contributed by atoms with van der Waals surface area (Å²) in [6.07, 6.45) is 1.74. The summed E-state index contributed by atoms with van der Waals surface area (Å²) in [5.74, 6) is -1.87. The Morgan fingerprint density at radius 3 is 2.59 bits per heavy atom. The van der Waals surface area contributed by atoms with E-state index in [0.29, 0.717) is 17.9 Å². The van der Waals surface area contributed by atoms with Crippen molar-refractivity contribution >= 4 is 45.0 Å². The number of carbonyl (C=O) groups excluding carboxylic acids is 3. The highest BCUT2D eigenvalue weighted by atomic mass is 79.9. The molecule has 0 aliphatic carbocycles.